The first-order valence-corrected chi connectivity index (χ1v) is 13.7. The molecule has 0 fully saturated rings. The number of sulfonamides is 1. The van der Waals surface area contributed by atoms with Gasteiger partial charge in [0.1, 0.15) is 0 Å². The molecule has 0 saturated carbocycles. The smallest absolute Gasteiger partial charge is 0.271 e. The molecular formula is C24H24N6O4S2. The van der Waals surface area contributed by atoms with Gasteiger partial charge in [0.05, 0.1) is 23.3 Å². The van der Waals surface area contributed by atoms with Gasteiger partial charge in [0.2, 0.25) is 10.0 Å². The number of rotatable bonds is 8. The Morgan fingerprint density at radius 1 is 1.06 bits per heavy atom. The number of amides is 2. The van der Waals surface area contributed by atoms with Gasteiger partial charge in [0.15, 0.2) is 0 Å². The van der Waals surface area contributed by atoms with Crippen molar-refractivity contribution in [3.63, 3.8) is 0 Å². The summed E-state index contributed by atoms with van der Waals surface area (Å²) in [6.45, 7) is 2.14. The van der Waals surface area contributed by atoms with Crippen LogP contribution >= 0.6 is 11.9 Å². The summed E-state index contributed by atoms with van der Waals surface area (Å²) in [4.78, 5) is 29.6. The Labute approximate surface area is 213 Å². The van der Waals surface area contributed by atoms with Crippen LogP contribution in [0.15, 0.2) is 65.9 Å². The number of carbonyl (C=O) groups is 2. The fourth-order valence-electron chi connectivity index (χ4n) is 3.43. The summed E-state index contributed by atoms with van der Waals surface area (Å²) in [7, 11) is -3.39. The van der Waals surface area contributed by atoms with Crippen molar-refractivity contribution in [1.29, 1.82) is 0 Å². The van der Waals surface area contributed by atoms with Gasteiger partial charge in [-0.15, -0.1) is 4.52 Å². The number of benzene rings is 2. The lowest BCUT2D eigenvalue weighted by atomic mass is 10.0. The number of hydrazine groups is 1. The summed E-state index contributed by atoms with van der Waals surface area (Å²) >= 11 is 1.38. The molecule has 0 radical (unpaired) electrons. The molecule has 1 aliphatic heterocycles. The zero-order valence-corrected chi connectivity index (χ0v) is 21.2. The molecule has 10 nitrogen and oxygen atoms in total. The van der Waals surface area contributed by atoms with Crippen molar-refractivity contribution in [1.82, 2.24) is 20.2 Å². The van der Waals surface area contributed by atoms with Crippen molar-refractivity contribution in [2.75, 3.05) is 16.7 Å². The predicted molar refractivity (Wildman–Crippen MR) is 141 cm³/mol. The van der Waals surface area contributed by atoms with Crippen molar-refractivity contribution in [2.24, 2.45) is 5.10 Å². The van der Waals surface area contributed by atoms with Crippen molar-refractivity contribution < 1.29 is 18.0 Å². The molecule has 36 heavy (non-hydrogen) atoms. The molecule has 3 aromatic rings. The van der Waals surface area contributed by atoms with E-state index in [0.717, 1.165) is 22.9 Å². The fourth-order valence-corrected chi connectivity index (χ4v) is 4.54. The molecule has 0 bridgehead atoms. The van der Waals surface area contributed by atoms with Crippen molar-refractivity contribution in [3.8, 4) is 11.3 Å². The van der Waals surface area contributed by atoms with E-state index in [0.29, 0.717) is 28.3 Å². The topological polar surface area (TPSA) is 133 Å². The molecule has 0 aliphatic carbocycles. The van der Waals surface area contributed by atoms with E-state index in [1.165, 1.54) is 22.7 Å². The second kappa shape index (κ2) is 10.8. The third-order valence-corrected chi connectivity index (χ3v) is 6.47. The van der Waals surface area contributed by atoms with Gasteiger partial charge >= 0.3 is 0 Å². The number of nitrogens with zero attached hydrogens (tertiary/aromatic N) is 3. The molecule has 1 aromatic heterocycles. The van der Waals surface area contributed by atoms with Crippen molar-refractivity contribution >= 4 is 45.7 Å². The molecule has 186 valence electrons. The molecule has 2 amide bonds. The number of hydrogen-bond acceptors (Lipinski definition) is 8. The van der Waals surface area contributed by atoms with Crippen LogP contribution in [0.4, 0.5) is 5.69 Å². The number of carbonyl (C=O) groups excluding carboxylic acids is 2. The van der Waals surface area contributed by atoms with Crippen LogP contribution in [-0.4, -0.2) is 48.0 Å². The Morgan fingerprint density at radius 2 is 1.86 bits per heavy atom. The van der Waals surface area contributed by atoms with Crippen LogP contribution in [0.1, 0.15) is 31.8 Å². The maximum absolute atomic E-state index is 12.6. The lowest BCUT2D eigenvalue weighted by Gasteiger charge is -2.14. The molecule has 0 saturated heterocycles. The van der Waals surface area contributed by atoms with Crippen LogP contribution in [0, 0.1) is 6.92 Å². The minimum atomic E-state index is -3.39. The lowest BCUT2D eigenvalue weighted by Crippen LogP contribution is -2.32. The van der Waals surface area contributed by atoms with Crippen LogP contribution in [0.25, 0.3) is 11.3 Å². The number of hydrogen-bond donors (Lipinski definition) is 3. The first kappa shape index (κ1) is 25.2. The molecule has 0 atom stereocenters. The van der Waals surface area contributed by atoms with Crippen LogP contribution in [0.2, 0.25) is 0 Å². The highest BCUT2D eigenvalue weighted by Gasteiger charge is 2.15. The third kappa shape index (κ3) is 6.61. The van der Waals surface area contributed by atoms with Gasteiger partial charge in [-0.3, -0.25) is 19.3 Å². The van der Waals surface area contributed by atoms with Gasteiger partial charge in [-0.2, -0.15) is 5.10 Å². The van der Waals surface area contributed by atoms with Gasteiger partial charge in [-0.1, -0.05) is 18.2 Å². The van der Waals surface area contributed by atoms with Gasteiger partial charge in [0, 0.05) is 47.7 Å². The maximum Gasteiger partial charge on any atom is 0.271 e. The number of aryl methyl sites for hydroxylation is 1. The first-order valence-electron chi connectivity index (χ1n) is 10.9. The summed E-state index contributed by atoms with van der Waals surface area (Å²) in [5, 5.41) is 6.85. The molecule has 2 aromatic carbocycles. The fraction of sp³-hybridized carbons (Fsp3) is 0.167. The summed E-state index contributed by atoms with van der Waals surface area (Å²) in [6, 6.07) is 15.5. The second-order valence-corrected chi connectivity index (χ2v) is 10.7. The third-order valence-electron chi connectivity index (χ3n) is 5.14. The Kier molecular flexibility index (Phi) is 7.55. The number of nitrogens with one attached hydrogen (secondary N) is 3. The van der Waals surface area contributed by atoms with Crippen LogP contribution in [-0.2, 0) is 16.6 Å². The molecule has 3 N–H and O–H groups in total. The maximum atomic E-state index is 12.6. The van der Waals surface area contributed by atoms with E-state index in [1.807, 2.05) is 13.0 Å². The van der Waals surface area contributed by atoms with E-state index < -0.39 is 10.0 Å². The molecule has 0 spiro atoms. The lowest BCUT2D eigenvalue weighted by molar-refractivity contribution is 0.0890. The highest BCUT2D eigenvalue weighted by Crippen LogP contribution is 2.24. The number of pyridine rings is 1. The normalized spacial score (nSPS) is 12.9. The molecule has 4 rings (SSSR count). The van der Waals surface area contributed by atoms with E-state index in [1.54, 1.807) is 54.7 Å². The average Bonchev–Trinajstić information content (AvgIpc) is 3.35. The minimum absolute atomic E-state index is 0.218. The highest BCUT2D eigenvalue weighted by atomic mass is 32.2. The van der Waals surface area contributed by atoms with E-state index in [9.17, 15) is 18.0 Å². The van der Waals surface area contributed by atoms with Crippen LogP contribution in [0.3, 0.4) is 0 Å². The Hall–Kier alpha value is -3.90. The molecule has 0 unspecified atom stereocenters. The van der Waals surface area contributed by atoms with E-state index in [4.69, 9.17) is 0 Å². The molecule has 2 heterocycles. The number of aromatic nitrogens is 1. The first-order chi connectivity index (χ1) is 17.2. The van der Waals surface area contributed by atoms with Gasteiger partial charge in [0.25, 0.3) is 11.8 Å². The van der Waals surface area contributed by atoms with Crippen molar-refractivity contribution in [2.45, 2.75) is 13.5 Å². The molecule has 1 aliphatic rings. The number of anilines is 1. The predicted octanol–water partition coefficient (Wildman–Crippen LogP) is 2.95. The zero-order chi connectivity index (χ0) is 25.7. The average molecular weight is 525 g/mol. The highest BCUT2D eigenvalue weighted by molar-refractivity contribution is 7.97. The van der Waals surface area contributed by atoms with E-state index in [2.05, 4.69) is 25.6 Å². The van der Waals surface area contributed by atoms with Gasteiger partial charge in [-0.25, -0.2) is 13.8 Å². The minimum Gasteiger partial charge on any atom is -0.348 e. The number of hydrazone groups is 1. The Balaban J connectivity index is 1.42. The van der Waals surface area contributed by atoms with E-state index >= 15 is 0 Å². The molecular weight excluding hydrogens is 500 g/mol. The quantitative estimate of drug-likeness (QED) is 0.386. The van der Waals surface area contributed by atoms with Crippen LogP contribution < -0.4 is 15.5 Å². The largest absolute Gasteiger partial charge is 0.348 e. The Morgan fingerprint density at radius 3 is 2.56 bits per heavy atom. The Bertz CT molecular complexity index is 1420. The zero-order valence-electron chi connectivity index (χ0n) is 19.6. The second-order valence-electron chi connectivity index (χ2n) is 8.03. The van der Waals surface area contributed by atoms with Crippen LogP contribution in [0.5, 0.6) is 0 Å². The SMILES string of the molecule is Cc1ccc(C(=O)NN2N=CCS2)cc1-c1ccc(C(=O)NCc2cccc(NS(C)(=O)=O)c2)cn1. The monoisotopic (exact) mass is 524 g/mol. The summed E-state index contributed by atoms with van der Waals surface area (Å²) in [6.07, 6.45) is 4.27. The molecule has 12 heteroatoms. The van der Waals surface area contributed by atoms with E-state index in [-0.39, 0.29) is 18.4 Å². The standard InChI is InChI=1S/C24H24N6O4S2/c1-16-6-7-18(24(32)28-30-27-10-11-35-30)13-21(16)22-9-8-19(15-25-22)23(31)26-14-17-4-3-5-20(12-17)29-36(2,33)34/h3-10,12-13,15,29H,11,14H2,1-2H3,(H,26,31)(H,28,32). The summed E-state index contributed by atoms with van der Waals surface area (Å²) in [5.74, 6) is 0.106. The van der Waals surface area contributed by atoms with Crippen molar-refractivity contribution in [3.05, 3.63) is 83.0 Å². The van der Waals surface area contributed by atoms with Gasteiger partial charge in [-0.05, 0) is 54.4 Å². The van der Waals surface area contributed by atoms with Gasteiger partial charge < -0.3 is 5.32 Å². The summed E-state index contributed by atoms with van der Waals surface area (Å²) < 4.78 is 26.7. The summed E-state index contributed by atoms with van der Waals surface area (Å²) in [5.41, 5.74) is 7.07.